The number of benzene rings is 1. The summed E-state index contributed by atoms with van der Waals surface area (Å²) in [5, 5.41) is 8.72. The van der Waals surface area contributed by atoms with Crippen molar-refractivity contribution in [2.45, 2.75) is 70.0 Å². The Morgan fingerprint density at radius 3 is 2.67 bits per heavy atom. The van der Waals surface area contributed by atoms with Gasteiger partial charge in [0, 0.05) is 80.8 Å². The van der Waals surface area contributed by atoms with Crippen molar-refractivity contribution in [3.8, 4) is 0 Å². The summed E-state index contributed by atoms with van der Waals surface area (Å²) in [6, 6.07) is 9.67. The van der Waals surface area contributed by atoms with Gasteiger partial charge in [0.2, 0.25) is 5.91 Å². The van der Waals surface area contributed by atoms with Gasteiger partial charge in [0.1, 0.15) is 5.82 Å². The number of amides is 1. The van der Waals surface area contributed by atoms with E-state index in [1.807, 2.05) is 21.5 Å². The van der Waals surface area contributed by atoms with E-state index in [9.17, 15) is 9.18 Å². The Balaban J connectivity index is 1.22. The number of hydrogen-bond donors (Lipinski definition) is 1. The topological polar surface area (TPSA) is 87.5 Å². The number of halogens is 1. The fourth-order valence-electron chi connectivity index (χ4n) is 7.55. The van der Waals surface area contributed by atoms with Crippen molar-refractivity contribution in [3.05, 3.63) is 58.8 Å². The summed E-state index contributed by atoms with van der Waals surface area (Å²) in [5.41, 5.74) is 4.35. The number of piperazine rings is 1. The van der Waals surface area contributed by atoms with E-state index in [2.05, 4.69) is 48.9 Å². The second kappa shape index (κ2) is 12.3. The Hall–Kier alpha value is -2.96. The SMILES string of the molecule is C[C@@H]1CN(CC(=O)N2CC(C)(C)c3c2cc(Cc2ccc(F)cc2)c2nc(C4CCOC4)nn32)[C@@H](CN2CCOC[C@H]2C)CN1. The Labute approximate surface area is 264 Å². The molecule has 2 aromatic heterocycles. The first-order valence-electron chi connectivity index (χ1n) is 16.5. The van der Waals surface area contributed by atoms with Crippen LogP contribution in [0.15, 0.2) is 30.3 Å². The van der Waals surface area contributed by atoms with Gasteiger partial charge in [-0.3, -0.25) is 14.6 Å². The third-order valence-corrected chi connectivity index (χ3v) is 10.1. The van der Waals surface area contributed by atoms with Gasteiger partial charge in [0.05, 0.1) is 37.7 Å². The maximum Gasteiger partial charge on any atom is 0.241 e. The lowest BCUT2D eigenvalue weighted by Gasteiger charge is -2.43. The highest BCUT2D eigenvalue weighted by molar-refractivity contribution is 5.97. The molecule has 3 fully saturated rings. The molecule has 0 spiro atoms. The molecule has 1 aromatic carbocycles. The molecule has 0 radical (unpaired) electrons. The van der Waals surface area contributed by atoms with Crippen molar-refractivity contribution in [1.82, 2.24) is 29.7 Å². The summed E-state index contributed by atoms with van der Waals surface area (Å²) in [7, 11) is 0. The third-order valence-electron chi connectivity index (χ3n) is 10.1. The van der Waals surface area contributed by atoms with Crippen LogP contribution in [0.2, 0.25) is 0 Å². The van der Waals surface area contributed by atoms with Crippen LogP contribution in [0.5, 0.6) is 0 Å². The van der Waals surface area contributed by atoms with Gasteiger partial charge in [0.25, 0.3) is 0 Å². The van der Waals surface area contributed by atoms with Crippen LogP contribution in [0.4, 0.5) is 10.1 Å². The third kappa shape index (κ3) is 6.13. The summed E-state index contributed by atoms with van der Waals surface area (Å²) in [6.45, 7) is 16.1. The van der Waals surface area contributed by atoms with Crippen molar-refractivity contribution >= 4 is 17.2 Å². The number of anilines is 1. The van der Waals surface area contributed by atoms with Crippen LogP contribution in [0.3, 0.4) is 0 Å². The summed E-state index contributed by atoms with van der Waals surface area (Å²) in [5.74, 6) is 0.789. The van der Waals surface area contributed by atoms with E-state index in [1.165, 1.54) is 12.1 Å². The molecule has 11 heteroatoms. The first kappa shape index (κ1) is 30.7. The highest BCUT2D eigenvalue weighted by Crippen LogP contribution is 2.42. The lowest BCUT2D eigenvalue weighted by atomic mass is 9.90. The second-order valence-corrected chi connectivity index (χ2v) is 14.1. The number of carbonyl (C=O) groups is 1. The van der Waals surface area contributed by atoms with E-state index in [-0.39, 0.29) is 29.1 Å². The molecular formula is C34H46FN7O3. The first-order chi connectivity index (χ1) is 21.7. The minimum atomic E-state index is -0.325. The number of hydrogen-bond acceptors (Lipinski definition) is 8. The number of ether oxygens (including phenoxy) is 2. The number of nitrogens with zero attached hydrogens (tertiary/aromatic N) is 6. The minimum Gasteiger partial charge on any atom is -0.381 e. The number of rotatable bonds is 7. The molecule has 4 aliphatic rings. The van der Waals surface area contributed by atoms with E-state index >= 15 is 0 Å². The largest absolute Gasteiger partial charge is 0.381 e. The Morgan fingerprint density at radius 2 is 1.91 bits per heavy atom. The smallest absolute Gasteiger partial charge is 0.241 e. The van der Waals surface area contributed by atoms with E-state index in [1.54, 1.807) is 0 Å². The predicted octanol–water partition coefficient (Wildman–Crippen LogP) is 2.97. The molecule has 3 aromatic rings. The number of nitrogens with one attached hydrogen (secondary N) is 1. The van der Waals surface area contributed by atoms with E-state index in [0.717, 1.165) is 79.8 Å². The standard InChI is InChI=1S/C34H46FN7O3/c1-22-16-40(28(15-36-22)17-39-10-12-45-19-23(39)2)18-30(43)41-21-34(3,4)31-29(41)14-26(13-24-5-7-27(35)8-6-24)33-37-32(38-42(31)33)25-9-11-44-20-25/h5-8,14,22-23,25,28,36H,9-13,15-21H2,1-4H3/t22-,23-,25?,28-/m1/s1. The van der Waals surface area contributed by atoms with Crippen LogP contribution < -0.4 is 10.2 Å². The molecule has 0 saturated carbocycles. The number of morpholine rings is 1. The van der Waals surface area contributed by atoms with Crippen LogP contribution >= 0.6 is 0 Å². The molecule has 4 aliphatic heterocycles. The summed E-state index contributed by atoms with van der Waals surface area (Å²) in [4.78, 5) is 26.3. The second-order valence-electron chi connectivity index (χ2n) is 14.1. The lowest BCUT2D eigenvalue weighted by molar-refractivity contribution is -0.121. The van der Waals surface area contributed by atoms with Crippen molar-refractivity contribution < 1.29 is 18.7 Å². The molecule has 242 valence electrons. The molecule has 1 amide bonds. The van der Waals surface area contributed by atoms with Crippen LogP contribution in [-0.4, -0.2) is 114 Å². The van der Waals surface area contributed by atoms with E-state index < -0.39 is 0 Å². The zero-order valence-electron chi connectivity index (χ0n) is 27.0. The molecule has 0 aliphatic carbocycles. The van der Waals surface area contributed by atoms with Crippen LogP contribution in [-0.2, 0) is 26.1 Å². The highest BCUT2D eigenvalue weighted by Gasteiger charge is 2.43. The number of pyridine rings is 1. The van der Waals surface area contributed by atoms with Crippen molar-refractivity contribution in [2.75, 3.05) is 70.6 Å². The molecular weight excluding hydrogens is 573 g/mol. The average molecular weight is 620 g/mol. The Kier molecular flexibility index (Phi) is 8.41. The van der Waals surface area contributed by atoms with Crippen LogP contribution in [0.1, 0.15) is 62.7 Å². The maximum atomic E-state index is 14.4. The van der Waals surface area contributed by atoms with Gasteiger partial charge in [-0.2, -0.15) is 5.10 Å². The molecule has 0 bridgehead atoms. The van der Waals surface area contributed by atoms with Gasteiger partial charge >= 0.3 is 0 Å². The molecule has 3 saturated heterocycles. The monoisotopic (exact) mass is 619 g/mol. The molecule has 7 rings (SSSR count). The molecule has 1 N–H and O–H groups in total. The van der Waals surface area contributed by atoms with E-state index in [4.69, 9.17) is 19.6 Å². The predicted molar refractivity (Wildman–Crippen MR) is 170 cm³/mol. The van der Waals surface area contributed by atoms with Gasteiger partial charge < -0.3 is 19.7 Å². The number of carbonyl (C=O) groups excluding carboxylic acids is 1. The van der Waals surface area contributed by atoms with Gasteiger partial charge in [-0.15, -0.1) is 0 Å². The Bertz CT molecular complexity index is 1540. The summed E-state index contributed by atoms with van der Waals surface area (Å²) in [6.07, 6.45) is 1.46. The van der Waals surface area contributed by atoms with E-state index in [0.29, 0.717) is 44.8 Å². The zero-order chi connectivity index (χ0) is 31.3. The average Bonchev–Trinajstić information content (AvgIpc) is 3.75. The van der Waals surface area contributed by atoms with Crippen molar-refractivity contribution in [2.24, 2.45) is 0 Å². The molecule has 45 heavy (non-hydrogen) atoms. The fraction of sp³-hybridized carbons (Fsp3) is 0.618. The maximum absolute atomic E-state index is 14.4. The number of fused-ring (bicyclic) bond motifs is 3. The number of aromatic nitrogens is 3. The molecule has 1 unspecified atom stereocenters. The van der Waals surface area contributed by atoms with Crippen molar-refractivity contribution in [3.63, 3.8) is 0 Å². The lowest BCUT2D eigenvalue weighted by Crippen LogP contribution is -2.62. The highest BCUT2D eigenvalue weighted by atomic mass is 19.1. The van der Waals surface area contributed by atoms with Gasteiger partial charge in [0.15, 0.2) is 11.5 Å². The Morgan fingerprint density at radius 1 is 1.11 bits per heavy atom. The van der Waals surface area contributed by atoms with Gasteiger partial charge in [-0.1, -0.05) is 26.0 Å². The normalized spacial score (nSPS) is 27.4. The molecule has 10 nitrogen and oxygen atoms in total. The van der Waals surface area contributed by atoms with Crippen LogP contribution in [0, 0.1) is 5.82 Å². The van der Waals surface area contributed by atoms with Crippen molar-refractivity contribution in [1.29, 1.82) is 0 Å². The first-order valence-corrected chi connectivity index (χ1v) is 16.5. The molecule has 6 heterocycles. The zero-order valence-corrected chi connectivity index (χ0v) is 27.0. The summed E-state index contributed by atoms with van der Waals surface area (Å²) >= 11 is 0. The van der Waals surface area contributed by atoms with Gasteiger partial charge in [-0.25, -0.2) is 13.9 Å². The minimum absolute atomic E-state index is 0.104. The van der Waals surface area contributed by atoms with Gasteiger partial charge in [-0.05, 0) is 44.0 Å². The van der Waals surface area contributed by atoms with Crippen LogP contribution in [0.25, 0.3) is 5.65 Å². The molecule has 4 atom stereocenters. The summed E-state index contributed by atoms with van der Waals surface area (Å²) < 4.78 is 27.1. The quantitative estimate of drug-likeness (QED) is 0.432. The fourth-order valence-corrected chi connectivity index (χ4v) is 7.55.